The van der Waals surface area contributed by atoms with Crippen LogP contribution in [-0.4, -0.2) is 51.6 Å². The topological polar surface area (TPSA) is 86.3 Å². The Labute approximate surface area is 157 Å². The smallest absolute Gasteiger partial charge is 0.233 e. The molecule has 0 radical (unpaired) electrons. The van der Waals surface area contributed by atoms with Crippen molar-refractivity contribution in [3.05, 3.63) is 24.3 Å². The number of nitrogens with two attached hydrogens (primary N) is 1. The van der Waals surface area contributed by atoms with Gasteiger partial charge in [-0.1, -0.05) is 25.6 Å². The van der Waals surface area contributed by atoms with Crippen LogP contribution in [-0.2, 0) is 4.79 Å². The number of likely N-dealkylation sites (tertiary alicyclic amines) is 1. The van der Waals surface area contributed by atoms with Gasteiger partial charge in [-0.2, -0.15) is 0 Å². The second-order valence-corrected chi connectivity index (χ2v) is 7.88. The van der Waals surface area contributed by atoms with E-state index in [4.69, 9.17) is 10.6 Å². The quantitative estimate of drug-likeness (QED) is 0.637. The van der Waals surface area contributed by atoms with Crippen LogP contribution in [0.4, 0.5) is 0 Å². The highest BCUT2D eigenvalue weighted by Crippen LogP contribution is 2.25. The number of carbonyl (C=O) groups excluding carboxylic acids is 1. The molecule has 140 valence electrons. The van der Waals surface area contributed by atoms with Crippen LogP contribution in [0.2, 0.25) is 0 Å². The first-order chi connectivity index (χ1) is 12.5. The van der Waals surface area contributed by atoms with Crippen molar-refractivity contribution in [2.75, 3.05) is 31.8 Å². The third kappa shape index (κ3) is 4.12. The summed E-state index contributed by atoms with van der Waals surface area (Å²) in [4.78, 5) is 14.5. The van der Waals surface area contributed by atoms with E-state index in [2.05, 4.69) is 24.0 Å². The van der Waals surface area contributed by atoms with Crippen molar-refractivity contribution in [1.82, 2.24) is 19.8 Å². The molecule has 1 aliphatic rings. The van der Waals surface area contributed by atoms with Gasteiger partial charge in [0.1, 0.15) is 5.75 Å². The highest BCUT2D eigenvalue weighted by atomic mass is 32.2. The third-order valence-corrected chi connectivity index (χ3v) is 5.49. The van der Waals surface area contributed by atoms with E-state index in [1.165, 1.54) is 22.9 Å². The van der Waals surface area contributed by atoms with Gasteiger partial charge in [0.15, 0.2) is 5.82 Å². The molecule has 1 saturated heterocycles. The number of carbonyl (C=O) groups is 1. The van der Waals surface area contributed by atoms with Crippen molar-refractivity contribution in [3.63, 3.8) is 0 Å². The molecule has 1 amide bonds. The van der Waals surface area contributed by atoms with Crippen LogP contribution in [0, 0.1) is 11.8 Å². The van der Waals surface area contributed by atoms with Crippen LogP contribution < -0.4 is 10.6 Å². The second kappa shape index (κ2) is 7.99. The van der Waals surface area contributed by atoms with Gasteiger partial charge in [-0.05, 0) is 42.5 Å². The summed E-state index contributed by atoms with van der Waals surface area (Å²) in [7, 11) is 1.62. The molecule has 2 unspecified atom stereocenters. The molecule has 1 aromatic carbocycles. The summed E-state index contributed by atoms with van der Waals surface area (Å²) < 4.78 is 6.59. The Morgan fingerprint density at radius 2 is 1.88 bits per heavy atom. The largest absolute Gasteiger partial charge is 0.497 e. The second-order valence-electron chi connectivity index (χ2n) is 6.94. The highest BCUT2D eigenvalue weighted by molar-refractivity contribution is 7.99. The lowest BCUT2D eigenvalue weighted by atomic mass is 9.92. The Hall–Kier alpha value is -2.22. The van der Waals surface area contributed by atoms with Crippen molar-refractivity contribution < 1.29 is 9.53 Å². The Balaban J connectivity index is 1.63. The molecule has 0 bridgehead atoms. The molecular weight excluding hydrogens is 350 g/mol. The lowest BCUT2D eigenvalue weighted by Crippen LogP contribution is -2.43. The summed E-state index contributed by atoms with van der Waals surface area (Å²) in [6.45, 7) is 6.05. The minimum absolute atomic E-state index is 0.127. The summed E-state index contributed by atoms with van der Waals surface area (Å²) in [5.41, 5.74) is 0.845. The van der Waals surface area contributed by atoms with Crippen LogP contribution in [0.1, 0.15) is 20.3 Å². The average molecular weight is 375 g/mol. The number of nitrogen functional groups attached to an aromatic ring is 1. The van der Waals surface area contributed by atoms with E-state index in [0.717, 1.165) is 24.4 Å². The summed E-state index contributed by atoms with van der Waals surface area (Å²) in [6.07, 6.45) is 1.18. The fourth-order valence-corrected chi connectivity index (χ4v) is 4.16. The van der Waals surface area contributed by atoms with E-state index in [-0.39, 0.29) is 5.91 Å². The predicted octanol–water partition coefficient (Wildman–Crippen LogP) is 2.26. The highest BCUT2D eigenvalue weighted by Gasteiger charge is 2.25. The Kier molecular flexibility index (Phi) is 5.70. The van der Waals surface area contributed by atoms with Gasteiger partial charge in [0, 0.05) is 18.7 Å². The molecule has 0 spiro atoms. The molecule has 2 N–H and O–H groups in total. The molecule has 2 atom stereocenters. The van der Waals surface area contributed by atoms with Gasteiger partial charge in [0.25, 0.3) is 0 Å². The SMILES string of the molecule is COc1ccc(-c2nnc(SCC(=O)N3CC(C)CC(C)C3)n2N)cc1. The normalized spacial score (nSPS) is 20.2. The predicted molar refractivity (Wildman–Crippen MR) is 102 cm³/mol. The molecule has 26 heavy (non-hydrogen) atoms. The first-order valence-electron chi connectivity index (χ1n) is 8.73. The average Bonchev–Trinajstić information content (AvgIpc) is 2.99. The zero-order chi connectivity index (χ0) is 18.7. The van der Waals surface area contributed by atoms with Gasteiger partial charge in [-0.3, -0.25) is 4.79 Å². The van der Waals surface area contributed by atoms with Crippen LogP contribution >= 0.6 is 11.8 Å². The Morgan fingerprint density at radius 1 is 1.23 bits per heavy atom. The number of rotatable bonds is 5. The fourth-order valence-electron chi connectivity index (χ4n) is 3.40. The molecule has 1 aliphatic heterocycles. The molecule has 1 aromatic heterocycles. The lowest BCUT2D eigenvalue weighted by Gasteiger charge is -2.34. The number of nitrogens with zero attached hydrogens (tertiary/aromatic N) is 4. The minimum Gasteiger partial charge on any atom is -0.497 e. The van der Waals surface area contributed by atoms with E-state index >= 15 is 0 Å². The number of hydrogen-bond acceptors (Lipinski definition) is 6. The molecule has 1 fully saturated rings. The van der Waals surface area contributed by atoms with Crippen LogP contribution in [0.15, 0.2) is 29.4 Å². The molecule has 2 aromatic rings. The zero-order valence-corrected chi connectivity index (χ0v) is 16.2. The molecule has 8 heteroatoms. The Bertz CT molecular complexity index is 751. The maximum atomic E-state index is 12.5. The van der Waals surface area contributed by atoms with Crippen LogP contribution in [0.5, 0.6) is 5.75 Å². The maximum absolute atomic E-state index is 12.5. The van der Waals surface area contributed by atoms with Crippen molar-refractivity contribution in [2.45, 2.75) is 25.4 Å². The van der Waals surface area contributed by atoms with Gasteiger partial charge in [0.2, 0.25) is 11.1 Å². The van der Waals surface area contributed by atoms with E-state index < -0.39 is 0 Å². The summed E-state index contributed by atoms with van der Waals surface area (Å²) >= 11 is 1.32. The van der Waals surface area contributed by atoms with E-state index in [1.807, 2.05) is 29.2 Å². The zero-order valence-electron chi connectivity index (χ0n) is 15.4. The van der Waals surface area contributed by atoms with Crippen molar-refractivity contribution in [2.24, 2.45) is 11.8 Å². The number of methoxy groups -OCH3 is 1. The molecular formula is C18H25N5O2S. The molecule has 3 rings (SSSR count). The van der Waals surface area contributed by atoms with Gasteiger partial charge in [-0.15, -0.1) is 10.2 Å². The molecule has 0 saturated carbocycles. The number of aromatic nitrogens is 3. The van der Waals surface area contributed by atoms with E-state index in [9.17, 15) is 4.79 Å². The monoisotopic (exact) mass is 375 g/mol. The number of piperidine rings is 1. The van der Waals surface area contributed by atoms with Gasteiger partial charge < -0.3 is 15.5 Å². The molecule has 2 heterocycles. The lowest BCUT2D eigenvalue weighted by molar-refractivity contribution is -0.130. The summed E-state index contributed by atoms with van der Waals surface area (Å²) in [5, 5.41) is 8.82. The fraction of sp³-hybridized carbons (Fsp3) is 0.500. The van der Waals surface area contributed by atoms with Crippen molar-refractivity contribution >= 4 is 17.7 Å². The standard InChI is InChI=1S/C18H25N5O2S/c1-12-8-13(2)10-22(9-12)16(24)11-26-18-21-20-17(23(18)19)14-4-6-15(25-3)7-5-14/h4-7,12-13H,8-11,19H2,1-3H3. The summed E-state index contributed by atoms with van der Waals surface area (Å²) in [5.74, 6) is 8.99. The number of thioether (sulfide) groups is 1. The first-order valence-corrected chi connectivity index (χ1v) is 9.72. The maximum Gasteiger partial charge on any atom is 0.233 e. The minimum atomic E-state index is 0.127. The van der Waals surface area contributed by atoms with Crippen molar-refractivity contribution in [1.29, 1.82) is 0 Å². The van der Waals surface area contributed by atoms with E-state index in [1.54, 1.807) is 7.11 Å². The number of hydrogen-bond donors (Lipinski definition) is 1. The molecule has 7 nitrogen and oxygen atoms in total. The van der Waals surface area contributed by atoms with Crippen molar-refractivity contribution in [3.8, 4) is 17.1 Å². The Morgan fingerprint density at radius 3 is 2.50 bits per heavy atom. The summed E-state index contributed by atoms with van der Waals surface area (Å²) in [6, 6.07) is 7.45. The van der Waals surface area contributed by atoms with Crippen LogP contribution in [0.25, 0.3) is 11.4 Å². The van der Waals surface area contributed by atoms with Gasteiger partial charge in [-0.25, -0.2) is 4.68 Å². The first kappa shape index (κ1) is 18.6. The molecule has 0 aliphatic carbocycles. The number of ether oxygens (including phenoxy) is 1. The van der Waals surface area contributed by atoms with Gasteiger partial charge >= 0.3 is 0 Å². The number of amides is 1. The number of benzene rings is 1. The third-order valence-electron chi connectivity index (χ3n) is 4.56. The van der Waals surface area contributed by atoms with E-state index in [0.29, 0.717) is 28.6 Å². The van der Waals surface area contributed by atoms with Crippen LogP contribution in [0.3, 0.4) is 0 Å². The van der Waals surface area contributed by atoms with Gasteiger partial charge in [0.05, 0.1) is 12.9 Å².